The Balaban J connectivity index is 1.85. The molecule has 0 aliphatic rings. The topological polar surface area (TPSA) is 62.8 Å². The number of rotatable bonds is 7. The van der Waals surface area contributed by atoms with Gasteiger partial charge >= 0.3 is 0 Å². The van der Waals surface area contributed by atoms with E-state index in [0.29, 0.717) is 12.3 Å². The molecule has 0 fully saturated rings. The Bertz CT molecular complexity index is 832. The lowest BCUT2D eigenvalue weighted by atomic mass is 10.2. The molecule has 0 spiro atoms. The monoisotopic (exact) mass is 374 g/mol. The van der Waals surface area contributed by atoms with Crippen LogP contribution in [0.15, 0.2) is 42.9 Å². The number of nitrogens with one attached hydrogen (secondary N) is 2. The molecule has 3 aromatic rings. The molecule has 7 heteroatoms. The van der Waals surface area contributed by atoms with Crippen molar-refractivity contribution in [1.29, 1.82) is 0 Å². The van der Waals surface area contributed by atoms with Crippen molar-refractivity contribution in [3.05, 3.63) is 48.5 Å². The van der Waals surface area contributed by atoms with E-state index in [9.17, 15) is 0 Å². The van der Waals surface area contributed by atoms with Crippen LogP contribution >= 0.6 is 11.6 Å². The maximum Gasteiger partial charge on any atom is 0.175 e. The van der Waals surface area contributed by atoms with Gasteiger partial charge in [0, 0.05) is 44.3 Å². The summed E-state index contributed by atoms with van der Waals surface area (Å²) in [5.74, 6) is 0. The van der Waals surface area contributed by atoms with Gasteiger partial charge in [-0.1, -0.05) is 31.2 Å². The lowest BCUT2D eigenvalue weighted by Crippen LogP contribution is -2.22. The fourth-order valence-corrected chi connectivity index (χ4v) is 3.39. The molecule has 3 heterocycles. The van der Waals surface area contributed by atoms with Crippen molar-refractivity contribution >= 4 is 42.1 Å². The van der Waals surface area contributed by atoms with Crippen molar-refractivity contribution in [1.82, 2.24) is 15.0 Å². The summed E-state index contributed by atoms with van der Waals surface area (Å²) < 4.78 is 5.88. The van der Waals surface area contributed by atoms with Crippen molar-refractivity contribution < 1.29 is 4.74 Å². The molecule has 3 rings (SSSR count). The van der Waals surface area contributed by atoms with Gasteiger partial charge in [-0.05, 0) is 30.3 Å². The van der Waals surface area contributed by atoms with Crippen LogP contribution in [0.2, 0.25) is 25.7 Å². The molecule has 1 unspecified atom stereocenters. The molecule has 0 bridgehead atoms. The van der Waals surface area contributed by atoms with Gasteiger partial charge in [-0.15, -0.1) is 0 Å². The number of aromatic amines is 1. The average Bonchev–Trinajstić information content (AvgIpc) is 3.01. The van der Waals surface area contributed by atoms with Crippen LogP contribution in [0.3, 0.4) is 0 Å². The third kappa shape index (κ3) is 4.81. The maximum atomic E-state index is 6.54. The van der Waals surface area contributed by atoms with Gasteiger partial charge in [0.05, 0.1) is 5.69 Å². The second kappa shape index (κ2) is 7.55. The highest BCUT2D eigenvalue weighted by Crippen LogP contribution is 2.32. The first kappa shape index (κ1) is 17.9. The minimum atomic E-state index is -1.17. The summed E-state index contributed by atoms with van der Waals surface area (Å²) in [4.78, 5) is 11.8. The highest BCUT2D eigenvalue weighted by atomic mass is 35.5. The molecule has 25 heavy (non-hydrogen) atoms. The van der Waals surface area contributed by atoms with Crippen molar-refractivity contribution in [2.75, 3.05) is 11.9 Å². The largest absolute Gasteiger partial charge is 0.357 e. The summed E-state index contributed by atoms with van der Waals surface area (Å²) in [5, 5.41) is 4.39. The normalized spacial score (nSPS) is 13.1. The second-order valence-corrected chi connectivity index (χ2v) is 13.2. The number of alkyl halides is 1. The molecule has 0 saturated heterocycles. The van der Waals surface area contributed by atoms with Crippen LogP contribution in [0.1, 0.15) is 11.3 Å². The first-order valence-corrected chi connectivity index (χ1v) is 12.5. The Morgan fingerprint density at radius 2 is 2.00 bits per heavy atom. The van der Waals surface area contributed by atoms with Crippen LogP contribution in [-0.2, 0) is 4.74 Å². The molecule has 0 radical (unpaired) electrons. The van der Waals surface area contributed by atoms with Crippen LogP contribution in [0.5, 0.6) is 0 Å². The van der Waals surface area contributed by atoms with E-state index in [2.05, 4.69) is 39.9 Å². The Hall–Kier alpha value is -1.89. The number of halogens is 1. The van der Waals surface area contributed by atoms with Crippen molar-refractivity contribution in [2.24, 2.45) is 0 Å². The zero-order chi connectivity index (χ0) is 17.9. The number of anilines is 2. The predicted molar refractivity (Wildman–Crippen MR) is 106 cm³/mol. The summed E-state index contributed by atoms with van der Waals surface area (Å²) >= 11 is 6.54. The standard InChI is InChI=1S/C18H23ClN4OSi/c1-25(2,3)11-10-24-17(19)16-15(22-14-5-7-20-8-6-14)12-13-4-9-21-18(13)23-16/h4-9,12,17H,10-11H2,1-3H3,(H,20,22)(H,21,23). The minimum Gasteiger partial charge on any atom is -0.357 e. The lowest BCUT2D eigenvalue weighted by molar-refractivity contribution is 0.118. The molecule has 0 amide bonds. The number of ether oxygens (including phenoxy) is 1. The fraction of sp³-hybridized carbons (Fsp3) is 0.333. The van der Waals surface area contributed by atoms with E-state index in [4.69, 9.17) is 16.3 Å². The Morgan fingerprint density at radius 3 is 2.72 bits per heavy atom. The Kier molecular flexibility index (Phi) is 5.41. The van der Waals surface area contributed by atoms with E-state index in [1.54, 1.807) is 12.4 Å². The Labute approximate surface area is 153 Å². The van der Waals surface area contributed by atoms with Gasteiger partial charge in [-0.2, -0.15) is 0 Å². The Morgan fingerprint density at radius 1 is 1.24 bits per heavy atom. The third-order valence-corrected chi connectivity index (χ3v) is 5.89. The number of nitrogens with zero attached hydrogens (tertiary/aromatic N) is 2. The minimum absolute atomic E-state index is 0.603. The summed E-state index contributed by atoms with van der Waals surface area (Å²) in [7, 11) is -1.17. The third-order valence-electron chi connectivity index (χ3n) is 3.85. The molecule has 1 atom stereocenters. The number of fused-ring (bicyclic) bond motifs is 1. The number of H-pyrrole nitrogens is 1. The van der Waals surface area contributed by atoms with E-state index in [1.165, 1.54) is 0 Å². The first-order valence-electron chi connectivity index (χ1n) is 8.33. The SMILES string of the molecule is C[Si](C)(C)CCOC(Cl)c1nc2[nH]ccc2cc1Nc1ccncc1. The zero-order valence-corrected chi connectivity index (χ0v) is 16.5. The van der Waals surface area contributed by atoms with Crippen LogP contribution < -0.4 is 5.32 Å². The smallest absolute Gasteiger partial charge is 0.175 e. The summed E-state index contributed by atoms with van der Waals surface area (Å²) in [6, 6.07) is 8.89. The summed E-state index contributed by atoms with van der Waals surface area (Å²) in [6.07, 6.45) is 5.35. The van der Waals surface area contributed by atoms with Crippen molar-refractivity contribution in [3.63, 3.8) is 0 Å². The molecule has 0 aromatic carbocycles. The predicted octanol–water partition coefficient (Wildman–Crippen LogP) is 5.29. The van der Waals surface area contributed by atoms with Gasteiger partial charge in [0.15, 0.2) is 5.56 Å². The number of hydrogen-bond donors (Lipinski definition) is 2. The van der Waals surface area contributed by atoms with Crippen LogP contribution in [0, 0.1) is 0 Å². The number of aromatic nitrogens is 3. The quantitative estimate of drug-likeness (QED) is 0.435. The van der Waals surface area contributed by atoms with Gasteiger partial charge in [-0.3, -0.25) is 4.98 Å². The zero-order valence-electron chi connectivity index (χ0n) is 14.7. The maximum absolute atomic E-state index is 6.54. The van der Waals surface area contributed by atoms with Crippen LogP contribution in [0.25, 0.3) is 11.0 Å². The van der Waals surface area contributed by atoms with Crippen molar-refractivity contribution in [3.8, 4) is 0 Å². The average molecular weight is 375 g/mol. The summed E-state index contributed by atoms with van der Waals surface area (Å²) in [6.45, 7) is 7.60. The van der Waals surface area contributed by atoms with Gasteiger partial charge < -0.3 is 15.0 Å². The van der Waals surface area contributed by atoms with E-state index < -0.39 is 13.6 Å². The summed E-state index contributed by atoms with van der Waals surface area (Å²) in [5.41, 5.74) is 2.65. The highest BCUT2D eigenvalue weighted by Gasteiger charge is 2.19. The van der Waals surface area contributed by atoms with Crippen LogP contribution in [-0.4, -0.2) is 29.6 Å². The van der Waals surface area contributed by atoms with Gasteiger partial charge in [0.2, 0.25) is 0 Å². The van der Waals surface area contributed by atoms with E-state index >= 15 is 0 Å². The van der Waals surface area contributed by atoms with E-state index in [1.807, 2.05) is 30.5 Å². The molecular formula is C18H23ClN4OSi. The molecular weight excluding hydrogens is 352 g/mol. The first-order chi connectivity index (χ1) is 11.9. The second-order valence-electron chi connectivity index (χ2n) is 7.20. The molecule has 132 valence electrons. The molecule has 2 N–H and O–H groups in total. The van der Waals surface area contributed by atoms with Gasteiger partial charge in [-0.25, -0.2) is 4.98 Å². The van der Waals surface area contributed by atoms with Gasteiger partial charge in [0.25, 0.3) is 0 Å². The van der Waals surface area contributed by atoms with Crippen LogP contribution in [0.4, 0.5) is 11.4 Å². The van der Waals surface area contributed by atoms with E-state index in [0.717, 1.165) is 28.5 Å². The molecule has 5 nitrogen and oxygen atoms in total. The number of hydrogen-bond acceptors (Lipinski definition) is 4. The highest BCUT2D eigenvalue weighted by molar-refractivity contribution is 6.76. The molecule has 0 saturated carbocycles. The molecule has 0 aliphatic heterocycles. The fourth-order valence-electron chi connectivity index (χ4n) is 2.41. The van der Waals surface area contributed by atoms with Gasteiger partial charge in [0.1, 0.15) is 11.3 Å². The van der Waals surface area contributed by atoms with E-state index in [-0.39, 0.29) is 0 Å². The molecule has 0 aliphatic carbocycles. The molecule has 3 aromatic heterocycles. The number of pyridine rings is 2. The van der Waals surface area contributed by atoms with Crippen molar-refractivity contribution in [2.45, 2.75) is 31.2 Å². The lowest BCUT2D eigenvalue weighted by Gasteiger charge is -2.19.